The van der Waals surface area contributed by atoms with E-state index in [0.29, 0.717) is 12.2 Å². The molecule has 0 heterocycles. The third-order valence-corrected chi connectivity index (χ3v) is 5.90. The second kappa shape index (κ2) is 7.84. The number of para-hydroxylation sites is 2. The van der Waals surface area contributed by atoms with E-state index in [1.54, 1.807) is 36.4 Å². The third-order valence-electron chi connectivity index (χ3n) is 4.52. The summed E-state index contributed by atoms with van der Waals surface area (Å²) in [5.74, 6) is 0. The van der Waals surface area contributed by atoms with E-state index in [4.69, 9.17) is 0 Å². The molecule has 140 valence electrons. The number of hydrogen-bond donors (Lipinski definition) is 2. The maximum atomic E-state index is 12.6. The Kier molecular flexibility index (Phi) is 5.51. The van der Waals surface area contributed by atoms with Gasteiger partial charge in [0.2, 0.25) is 0 Å². The van der Waals surface area contributed by atoms with Crippen molar-refractivity contribution in [3.05, 3.63) is 89.0 Å². The van der Waals surface area contributed by atoms with Gasteiger partial charge in [-0.15, -0.1) is 0 Å². The molecule has 0 spiro atoms. The summed E-state index contributed by atoms with van der Waals surface area (Å²) in [7, 11) is -3.63. The van der Waals surface area contributed by atoms with Crippen LogP contribution in [0.25, 0.3) is 0 Å². The van der Waals surface area contributed by atoms with E-state index in [-0.39, 0.29) is 4.90 Å². The van der Waals surface area contributed by atoms with Crippen molar-refractivity contribution in [3.63, 3.8) is 0 Å². The zero-order valence-corrected chi connectivity index (χ0v) is 16.6. The van der Waals surface area contributed by atoms with Gasteiger partial charge in [-0.25, -0.2) is 8.42 Å². The molecule has 0 saturated carbocycles. The fraction of sp³-hybridized carbons (Fsp3) is 0.182. The maximum absolute atomic E-state index is 12.6. The lowest BCUT2D eigenvalue weighted by molar-refractivity contribution is 0.601. The van der Waals surface area contributed by atoms with Crippen LogP contribution in [-0.4, -0.2) is 8.42 Å². The van der Waals surface area contributed by atoms with E-state index in [0.717, 1.165) is 5.69 Å². The predicted octanol–water partition coefficient (Wildman–Crippen LogP) is 5.02. The first-order chi connectivity index (χ1) is 12.9. The van der Waals surface area contributed by atoms with Crippen molar-refractivity contribution in [2.75, 3.05) is 10.0 Å². The molecule has 0 radical (unpaired) electrons. The van der Waals surface area contributed by atoms with Crippen molar-refractivity contribution >= 4 is 21.4 Å². The first kappa shape index (κ1) is 19.0. The molecule has 0 aliphatic carbocycles. The summed E-state index contributed by atoms with van der Waals surface area (Å²) in [4.78, 5) is 0.241. The quantitative estimate of drug-likeness (QED) is 0.631. The SMILES string of the molecule is Cc1cc(C)c(CNc2ccccc2NS(=O)(=O)c2ccccc2)c(C)c1. The van der Waals surface area contributed by atoms with Gasteiger partial charge in [-0.2, -0.15) is 0 Å². The summed E-state index contributed by atoms with van der Waals surface area (Å²) in [6, 6.07) is 20.0. The molecule has 0 amide bonds. The van der Waals surface area contributed by atoms with Crippen molar-refractivity contribution in [1.82, 2.24) is 0 Å². The van der Waals surface area contributed by atoms with Crippen LogP contribution >= 0.6 is 0 Å². The van der Waals surface area contributed by atoms with Crippen molar-refractivity contribution in [2.24, 2.45) is 0 Å². The number of sulfonamides is 1. The van der Waals surface area contributed by atoms with Crippen LogP contribution in [-0.2, 0) is 16.6 Å². The molecular formula is C22H24N2O2S. The van der Waals surface area contributed by atoms with Crippen molar-refractivity contribution < 1.29 is 8.42 Å². The summed E-state index contributed by atoms with van der Waals surface area (Å²) < 4.78 is 28.0. The van der Waals surface area contributed by atoms with E-state index in [9.17, 15) is 8.42 Å². The number of nitrogens with one attached hydrogen (secondary N) is 2. The zero-order chi connectivity index (χ0) is 19.4. The summed E-state index contributed by atoms with van der Waals surface area (Å²) >= 11 is 0. The average Bonchev–Trinajstić information content (AvgIpc) is 2.62. The van der Waals surface area contributed by atoms with Crippen LogP contribution in [0.2, 0.25) is 0 Å². The first-order valence-corrected chi connectivity index (χ1v) is 10.3. The Morgan fingerprint density at radius 1 is 0.778 bits per heavy atom. The van der Waals surface area contributed by atoms with Crippen molar-refractivity contribution in [3.8, 4) is 0 Å². The first-order valence-electron chi connectivity index (χ1n) is 8.84. The van der Waals surface area contributed by atoms with Gasteiger partial charge in [-0.3, -0.25) is 4.72 Å². The minimum atomic E-state index is -3.63. The Hall–Kier alpha value is -2.79. The normalized spacial score (nSPS) is 11.2. The molecule has 27 heavy (non-hydrogen) atoms. The van der Waals surface area contributed by atoms with Crippen LogP contribution in [0, 0.1) is 20.8 Å². The average molecular weight is 381 g/mol. The predicted molar refractivity (Wildman–Crippen MR) is 112 cm³/mol. The van der Waals surface area contributed by atoms with Gasteiger partial charge >= 0.3 is 0 Å². The molecule has 0 aliphatic heterocycles. The number of hydrogen-bond acceptors (Lipinski definition) is 3. The van der Waals surface area contributed by atoms with Gasteiger partial charge in [-0.1, -0.05) is 48.0 Å². The largest absolute Gasteiger partial charge is 0.379 e. The number of benzene rings is 3. The third kappa shape index (κ3) is 4.49. The lowest BCUT2D eigenvalue weighted by Gasteiger charge is -2.16. The van der Waals surface area contributed by atoms with E-state index in [2.05, 4.69) is 42.9 Å². The second-order valence-electron chi connectivity index (χ2n) is 6.69. The van der Waals surface area contributed by atoms with Gasteiger partial charge in [0.1, 0.15) is 0 Å². The smallest absolute Gasteiger partial charge is 0.261 e. The molecule has 3 aromatic carbocycles. The van der Waals surface area contributed by atoms with E-state index >= 15 is 0 Å². The van der Waals surface area contributed by atoms with Gasteiger partial charge in [0.15, 0.2) is 0 Å². The Bertz CT molecular complexity index is 1020. The molecule has 0 unspecified atom stereocenters. The van der Waals surface area contributed by atoms with Crippen LogP contribution in [0.5, 0.6) is 0 Å². The highest BCUT2D eigenvalue weighted by Crippen LogP contribution is 2.26. The van der Waals surface area contributed by atoms with Gasteiger partial charge in [-0.05, 0) is 61.7 Å². The number of rotatable bonds is 6. The fourth-order valence-electron chi connectivity index (χ4n) is 3.20. The molecule has 0 aliphatic rings. The Morgan fingerprint density at radius 2 is 1.33 bits per heavy atom. The molecule has 0 bridgehead atoms. The van der Waals surface area contributed by atoms with Gasteiger partial charge < -0.3 is 5.32 Å². The van der Waals surface area contributed by atoms with Gasteiger partial charge in [0, 0.05) is 6.54 Å². The minimum absolute atomic E-state index is 0.241. The summed E-state index contributed by atoms with van der Waals surface area (Å²) in [5.41, 5.74) is 6.19. The van der Waals surface area contributed by atoms with E-state index < -0.39 is 10.0 Å². The van der Waals surface area contributed by atoms with E-state index in [1.807, 2.05) is 18.2 Å². The Morgan fingerprint density at radius 3 is 1.96 bits per heavy atom. The highest BCUT2D eigenvalue weighted by molar-refractivity contribution is 7.92. The molecule has 3 rings (SSSR count). The van der Waals surface area contributed by atoms with E-state index in [1.165, 1.54) is 22.3 Å². The van der Waals surface area contributed by atoms with Crippen LogP contribution in [0.3, 0.4) is 0 Å². The maximum Gasteiger partial charge on any atom is 0.261 e. The highest BCUT2D eigenvalue weighted by atomic mass is 32.2. The van der Waals surface area contributed by atoms with Crippen molar-refractivity contribution in [2.45, 2.75) is 32.2 Å². The standard InChI is InChI=1S/C22H24N2O2S/c1-16-13-17(2)20(18(3)14-16)15-23-21-11-7-8-12-22(21)24-27(25,26)19-9-5-4-6-10-19/h4-14,23-24H,15H2,1-3H3. The van der Waals surface area contributed by atoms with Gasteiger partial charge in [0.25, 0.3) is 10.0 Å². The molecule has 0 fully saturated rings. The molecule has 0 aromatic heterocycles. The number of anilines is 2. The van der Waals surface area contributed by atoms with Crippen LogP contribution in [0.4, 0.5) is 11.4 Å². The Balaban J connectivity index is 1.83. The zero-order valence-electron chi connectivity index (χ0n) is 15.8. The molecule has 3 aromatic rings. The molecule has 0 atom stereocenters. The second-order valence-corrected chi connectivity index (χ2v) is 8.38. The molecule has 4 nitrogen and oxygen atoms in total. The van der Waals surface area contributed by atoms with Crippen LogP contribution in [0.1, 0.15) is 22.3 Å². The molecule has 0 saturated heterocycles. The molecule has 5 heteroatoms. The van der Waals surface area contributed by atoms with Crippen molar-refractivity contribution in [1.29, 1.82) is 0 Å². The summed E-state index contributed by atoms with van der Waals surface area (Å²) in [6.07, 6.45) is 0. The highest BCUT2D eigenvalue weighted by Gasteiger charge is 2.15. The monoisotopic (exact) mass is 380 g/mol. The summed E-state index contributed by atoms with van der Waals surface area (Å²) in [5, 5.41) is 3.38. The fourth-order valence-corrected chi connectivity index (χ4v) is 4.30. The van der Waals surface area contributed by atoms with Gasteiger partial charge in [0.05, 0.1) is 16.3 Å². The molecular weight excluding hydrogens is 356 g/mol. The topological polar surface area (TPSA) is 58.2 Å². The minimum Gasteiger partial charge on any atom is -0.379 e. The summed E-state index contributed by atoms with van der Waals surface area (Å²) in [6.45, 7) is 6.91. The lowest BCUT2D eigenvalue weighted by Crippen LogP contribution is -2.14. The lowest BCUT2D eigenvalue weighted by atomic mass is 10.00. The van der Waals surface area contributed by atoms with Crippen LogP contribution < -0.4 is 10.0 Å². The Labute approximate surface area is 161 Å². The van der Waals surface area contributed by atoms with Crippen LogP contribution in [0.15, 0.2) is 71.6 Å². The molecule has 2 N–H and O–H groups in total. The number of aryl methyl sites for hydroxylation is 3.